The summed E-state index contributed by atoms with van der Waals surface area (Å²) < 4.78 is 5.49. The standard InChI is InChI=1S/C20H27N5O4/c1-20(2,3)29-19(27)24-12-13(21)7-8-16(24)18(26)25(28-4)15-9-11-22-14-6-5-10-23-17(14)15/h5-6,9-11,13,16H,7-8,12,21H2,1-4H3. The molecule has 0 spiro atoms. The molecule has 3 heterocycles. The van der Waals surface area contributed by atoms with Gasteiger partial charge in [0.2, 0.25) is 0 Å². The zero-order valence-electron chi connectivity index (χ0n) is 17.2. The number of nitrogens with zero attached hydrogens (tertiary/aromatic N) is 4. The quantitative estimate of drug-likeness (QED) is 0.785. The van der Waals surface area contributed by atoms with Gasteiger partial charge in [-0.1, -0.05) is 0 Å². The summed E-state index contributed by atoms with van der Waals surface area (Å²) in [4.78, 5) is 41.6. The van der Waals surface area contributed by atoms with Gasteiger partial charge in [-0.15, -0.1) is 0 Å². The summed E-state index contributed by atoms with van der Waals surface area (Å²) in [5.41, 5.74) is 7.00. The molecule has 29 heavy (non-hydrogen) atoms. The van der Waals surface area contributed by atoms with Crippen LogP contribution in [0.5, 0.6) is 0 Å². The van der Waals surface area contributed by atoms with E-state index in [-0.39, 0.29) is 18.5 Å². The smallest absolute Gasteiger partial charge is 0.411 e. The number of likely N-dealkylation sites (tertiary alicyclic amines) is 1. The van der Waals surface area contributed by atoms with Gasteiger partial charge in [0.25, 0.3) is 5.91 Å². The molecule has 2 aromatic rings. The van der Waals surface area contributed by atoms with Crippen LogP contribution in [0.4, 0.5) is 10.5 Å². The van der Waals surface area contributed by atoms with Crippen LogP contribution in [0.3, 0.4) is 0 Å². The van der Waals surface area contributed by atoms with E-state index in [9.17, 15) is 9.59 Å². The summed E-state index contributed by atoms with van der Waals surface area (Å²) in [6.45, 7) is 5.57. The van der Waals surface area contributed by atoms with Gasteiger partial charge < -0.3 is 10.5 Å². The highest BCUT2D eigenvalue weighted by molar-refractivity contribution is 6.02. The van der Waals surface area contributed by atoms with E-state index in [2.05, 4.69) is 9.97 Å². The first-order chi connectivity index (χ1) is 13.7. The Labute approximate surface area is 169 Å². The fourth-order valence-electron chi connectivity index (χ4n) is 3.35. The van der Waals surface area contributed by atoms with Crippen LogP contribution in [0.15, 0.2) is 30.6 Å². The molecule has 0 saturated carbocycles. The Bertz CT molecular complexity index is 893. The van der Waals surface area contributed by atoms with E-state index in [1.54, 1.807) is 51.4 Å². The average Bonchev–Trinajstić information content (AvgIpc) is 2.67. The van der Waals surface area contributed by atoms with Crippen molar-refractivity contribution in [1.82, 2.24) is 14.9 Å². The van der Waals surface area contributed by atoms with Crippen LogP contribution in [-0.4, -0.2) is 58.2 Å². The summed E-state index contributed by atoms with van der Waals surface area (Å²) >= 11 is 0. The van der Waals surface area contributed by atoms with Gasteiger partial charge in [-0.3, -0.25) is 24.5 Å². The first-order valence-corrected chi connectivity index (χ1v) is 9.54. The number of ether oxygens (including phenoxy) is 1. The molecule has 1 aliphatic rings. The molecule has 2 aromatic heterocycles. The number of hydroxylamine groups is 1. The number of carbonyl (C=O) groups is 2. The number of amides is 2. The van der Waals surface area contributed by atoms with E-state index in [1.807, 2.05) is 0 Å². The number of hydrogen-bond acceptors (Lipinski definition) is 7. The fourth-order valence-corrected chi connectivity index (χ4v) is 3.35. The van der Waals surface area contributed by atoms with E-state index in [0.29, 0.717) is 29.6 Å². The van der Waals surface area contributed by atoms with Gasteiger partial charge in [-0.2, -0.15) is 5.06 Å². The number of piperidine rings is 1. The van der Waals surface area contributed by atoms with E-state index in [4.69, 9.17) is 15.3 Å². The van der Waals surface area contributed by atoms with Crippen LogP contribution < -0.4 is 10.8 Å². The van der Waals surface area contributed by atoms with Crippen LogP contribution >= 0.6 is 0 Å². The topological polar surface area (TPSA) is 111 Å². The van der Waals surface area contributed by atoms with Crippen molar-refractivity contribution in [2.45, 2.75) is 51.3 Å². The lowest BCUT2D eigenvalue weighted by atomic mass is 9.98. The molecule has 1 aliphatic heterocycles. The third-order valence-electron chi connectivity index (χ3n) is 4.61. The molecule has 2 N–H and O–H groups in total. The lowest BCUT2D eigenvalue weighted by Crippen LogP contribution is -2.58. The molecule has 9 nitrogen and oxygen atoms in total. The van der Waals surface area contributed by atoms with Crippen molar-refractivity contribution in [3.63, 3.8) is 0 Å². The normalized spacial score (nSPS) is 19.8. The molecule has 1 saturated heterocycles. The number of rotatable bonds is 3. The van der Waals surface area contributed by atoms with Gasteiger partial charge in [0.1, 0.15) is 22.8 Å². The molecular formula is C20H27N5O4. The molecule has 1 fully saturated rings. The van der Waals surface area contributed by atoms with Gasteiger partial charge in [-0.05, 0) is 51.8 Å². The summed E-state index contributed by atoms with van der Waals surface area (Å²) in [5.74, 6) is -0.386. The molecule has 2 amide bonds. The number of hydrogen-bond donors (Lipinski definition) is 1. The number of nitrogens with two attached hydrogens (primary N) is 1. The molecule has 3 rings (SSSR count). The second-order valence-corrected chi connectivity index (χ2v) is 8.00. The Hall–Kier alpha value is -2.78. The minimum Gasteiger partial charge on any atom is -0.444 e. The van der Waals surface area contributed by atoms with Crippen molar-refractivity contribution in [3.8, 4) is 0 Å². The van der Waals surface area contributed by atoms with Gasteiger partial charge in [-0.25, -0.2) is 4.79 Å². The molecule has 2 unspecified atom stereocenters. The van der Waals surface area contributed by atoms with Crippen LogP contribution in [0.25, 0.3) is 11.0 Å². The first-order valence-electron chi connectivity index (χ1n) is 9.54. The van der Waals surface area contributed by atoms with Crippen molar-refractivity contribution >= 4 is 28.7 Å². The third-order valence-corrected chi connectivity index (χ3v) is 4.61. The molecule has 0 aliphatic carbocycles. The monoisotopic (exact) mass is 401 g/mol. The minimum atomic E-state index is -0.753. The Kier molecular flexibility index (Phi) is 5.99. The van der Waals surface area contributed by atoms with Crippen LogP contribution in [0.1, 0.15) is 33.6 Å². The second kappa shape index (κ2) is 8.30. The predicted molar refractivity (Wildman–Crippen MR) is 108 cm³/mol. The van der Waals surface area contributed by atoms with Gasteiger partial charge in [0, 0.05) is 25.0 Å². The highest BCUT2D eigenvalue weighted by atomic mass is 16.7. The molecule has 156 valence electrons. The maximum Gasteiger partial charge on any atom is 0.411 e. The second-order valence-electron chi connectivity index (χ2n) is 8.00. The maximum atomic E-state index is 13.4. The van der Waals surface area contributed by atoms with E-state index >= 15 is 0 Å². The number of pyridine rings is 2. The lowest BCUT2D eigenvalue weighted by molar-refractivity contribution is -0.131. The van der Waals surface area contributed by atoms with E-state index in [1.165, 1.54) is 12.0 Å². The number of carbonyl (C=O) groups excluding carboxylic acids is 2. The highest BCUT2D eigenvalue weighted by Crippen LogP contribution is 2.27. The zero-order valence-corrected chi connectivity index (χ0v) is 17.2. The molecular weight excluding hydrogens is 374 g/mol. The minimum absolute atomic E-state index is 0.217. The summed E-state index contributed by atoms with van der Waals surface area (Å²) in [7, 11) is 1.40. The third kappa shape index (κ3) is 4.63. The molecule has 0 radical (unpaired) electrons. The SMILES string of the molecule is CON(C(=O)C1CCC(N)CN1C(=O)OC(C)(C)C)c1ccnc2cccnc12. The van der Waals surface area contributed by atoms with Crippen LogP contribution in [-0.2, 0) is 14.4 Å². The van der Waals surface area contributed by atoms with Gasteiger partial charge in [0.05, 0.1) is 12.6 Å². The summed E-state index contributed by atoms with van der Waals surface area (Å²) in [5, 5.41) is 1.16. The van der Waals surface area contributed by atoms with Crippen LogP contribution in [0.2, 0.25) is 0 Å². The van der Waals surface area contributed by atoms with Crippen molar-refractivity contribution in [2.24, 2.45) is 5.73 Å². The maximum absolute atomic E-state index is 13.4. The molecule has 2 atom stereocenters. The largest absolute Gasteiger partial charge is 0.444 e. The summed E-state index contributed by atoms with van der Waals surface area (Å²) in [6.07, 6.45) is 3.66. The van der Waals surface area contributed by atoms with Crippen molar-refractivity contribution in [3.05, 3.63) is 30.6 Å². The van der Waals surface area contributed by atoms with Crippen molar-refractivity contribution in [1.29, 1.82) is 0 Å². The number of aromatic nitrogens is 2. The van der Waals surface area contributed by atoms with E-state index < -0.39 is 17.7 Å². The Morgan fingerprint density at radius 1 is 1.21 bits per heavy atom. The summed E-state index contributed by atoms with van der Waals surface area (Å²) in [6, 6.07) is 4.26. The molecule has 9 heteroatoms. The number of anilines is 1. The first kappa shape index (κ1) is 20.9. The lowest BCUT2D eigenvalue weighted by Gasteiger charge is -2.39. The van der Waals surface area contributed by atoms with Crippen molar-refractivity contribution < 1.29 is 19.2 Å². The Balaban J connectivity index is 1.93. The zero-order chi connectivity index (χ0) is 21.2. The fraction of sp³-hybridized carbons (Fsp3) is 0.500. The van der Waals surface area contributed by atoms with Crippen molar-refractivity contribution in [2.75, 3.05) is 18.7 Å². The Morgan fingerprint density at radius 2 is 1.97 bits per heavy atom. The predicted octanol–water partition coefficient (Wildman–Crippen LogP) is 2.25. The van der Waals surface area contributed by atoms with Gasteiger partial charge >= 0.3 is 6.09 Å². The molecule has 0 bridgehead atoms. The Morgan fingerprint density at radius 3 is 2.66 bits per heavy atom. The molecule has 0 aromatic carbocycles. The average molecular weight is 401 g/mol. The van der Waals surface area contributed by atoms with Gasteiger partial charge in [0.15, 0.2) is 0 Å². The van der Waals surface area contributed by atoms with E-state index in [0.717, 1.165) is 5.06 Å². The highest BCUT2D eigenvalue weighted by Gasteiger charge is 2.40. The number of fused-ring (bicyclic) bond motifs is 1. The van der Waals surface area contributed by atoms with Crippen LogP contribution in [0, 0.1) is 0 Å².